The van der Waals surface area contributed by atoms with Crippen LogP contribution in [0.5, 0.6) is 5.75 Å². The number of hydrogen-bond acceptors (Lipinski definition) is 5. The Hall–Kier alpha value is -2.51. The van der Waals surface area contributed by atoms with E-state index in [0.717, 1.165) is 45.2 Å². The monoisotopic (exact) mass is 441 g/mol. The van der Waals surface area contributed by atoms with Crippen molar-refractivity contribution in [1.29, 1.82) is 0 Å². The Kier molecular flexibility index (Phi) is 7.71. The molecule has 1 saturated heterocycles. The molecule has 32 heavy (non-hydrogen) atoms. The number of pyridine rings is 1. The smallest absolute Gasteiger partial charge is 0.254 e. The van der Waals surface area contributed by atoms with Crippen LogP contribution >= 0.6 is 0 Å². The van der Waals surface area contributed by atoms with E-state index in [1.165, 1.54) is 6.07 Å². The van der Waals surface area contributed by atoms with Gasteiger partial charge in [0.25, 0.3) is 5.91 Å². The molecule has 0 spiro atoms. The summed E-state index contributed by atoms with van der Waals surface area (Å²) < 4.78 is 25.9. The van der Waals surface area contributed by atoms with Gasteiger partial charge in [-0.3, -0.25) is 14.7 Å². The van der Waals surface area contributed by atoms with E-state index < -0.39 is 0 Å². The molecule has 2 aromatic rings. The van der Waals surface area contributed by atoms with Crippen molar-refractivity contribution in [1.82, 2.24) is 14.8 Å². The minimum atomic E-state index is -0.278. The number of nitrogens with zero attached hydrogens (tertiary/aromatic N) is 3. The molecule has 4 rings (SSSR count). The number of carbonyl (C=O) groups is 1. The van der Waals surface area contributed by atoms with Crippen LogP contribution in [0.4, 0.5) is 4.39 Å². The predicted octanol–water partition coefficient (Wildman–Crippen LogP) is 3.91. The Bertz CT molecular complexity index is 910. The third-order valence-corrected chi connectivity index (χ3v) is 6.47. The minimum Gasteiger partial charge on any atom is -0.492 e. The highest BCUT2D eigenvalue weighted by molar-refractivity contribution is 5.95. The molecular weight excluding hydrogens is 409 g/mol. The van der Waals surface area contributed by atoms with E-state index in [4.69, 9.17) is 9.47 Å². The fourth-order valence-corrected chi connectivity index (χ4v) is 4.77. The number of rotatable bonds is 3. The van der Waals surface area contributed by atoms with Crippen LogP contribution in [0.15, 0.2) is 42.6 Å². The van der Waals surface area contributed by atoms with E-state index in [0.29, 0.717) is 36.7 Å². The Labute approximate surface area is 189 Å². The summed E-state index contributed by atoms with van der Waals surface area (Å²) in [5, 5.41) is 0. The van der Waals surface area contributed by atoms with Gasteiger partial charge in [0.2, 0.25) is 0 Å². The van der Waals surface area contributed by atoms with Crippen molar-refractivity contribution in [3.63, 3.8) is 0 Å². The number of amides is 1. The number of hydrogen-bond donors (Lipinski definition) is 0. The normalized spacial score (nSPS) is 23.2. The molecule has 2 atom stereocenters. The SMILES string of the molecule is CO[C@H]1CCCN2C(=O)c3cccc(c3)OCCN(Cc3ncccc3F)CCCC[C@@H]12. The summed E-state index contributed by atoms with van der Waals surface area (Å²) in [6.07, 6.45) is 6.42. The summed E-state index contributed by atoms with van der Waals surface area (Å²) in [4.78, 5) is 21.7. The molecular formula is C25H32FN3O3. The molecule has 7 heteroatoms. The number of methoxy groups -OCH3 is 1. The molecule has 2 bridgehead atoms. The van der Waals surface area contributed by atoms with Gasteiger partial charge in [-0.2, -0.15) is 0 Å². The average Bonchev–Trinajstić information content (AvgIpc) is 2.82. The fraction of sp³-hybridized carbons (Fsp3) is 0.520. The number of ether oxygens (including phenoxy) is 2. The second-order valence-corrected chi connectivity index (χ2v) is 8.56. The third kappa shape index (κ3) is 5.45. The number of piperidine rings is 1. The lowest BCUT2D eigenvalue weighted by molar-refractivity contribution is -0.0156. The van der Waals surface area contributed by atoms with Crippen LogP contribution in [-0.2, 0) is 11.3 Å². The zero-order valence-electron chi connectivity index (χ0n) is 18.7. The van der Waals surface area contributed by atoms with E-state index in [2.05, 4.69) is 9.88 Å². The molecule has 6 nitrogen and oxygen atoms in total. The summed E-state index contributed by atoms with van der Waals surface area (Å²) in [6, 6.07) is 10.5. The van der Waals surface area contributed by atoms with Crippen molar-refractivity contribution in [2.45, 2.75) is 50.8 Å². The van der Waals surface area contributed by atoms with E-state index >= 15 is 0 Å². The first-order valence-electron chi connectivity index (χ1n) is 11.5. The van der Waals surface area contributed by atoms with Gasteiger partial charge in [0.1, 0.15) is 18.2 Å². The lowest BCUT2D eigenvalue weighted by Gasteiger charge is -2.41. The number of benzene rings is 1. The Morgan fingerprint density at radius 3 is 2.88 bits per heavy atom. The van der Waals surface area contributed by atoms with Crippen molar-refractivity contribution >= 4 is 5.91 Å². The fourth-order valence-electron chi connectivity index (χ4n) is 4.77. The second-order valence-electron chi connectivity index (χ2n) is 8.56. The Morgan fingerprint density at radius 2 is 2.03 bits per heavy atom. The van der Waals surface area contributed by atoms with Crippen LogP contribution in [-0.4, -0.2) is 66.2 Å². The molecule has 172 valence electrons. The van der Waals surface area contributed by atoms with E-state index in [-0.39, 0.29) is 23.9 Å². The van der Waals surface area contributed by atoms with Gasteiger partial charge in [-0.15, -0.1) is 0 Å². The number of fused-ring (bicyclic) bond motifs is 3. The third-order valence-electron chi connectivity index (χ3n) is 6.47. The minimum absolute atomic E-state index is 0.0477. The quantitative estimate of drug-likeness (QED) is 0.723. The molecule has 2 aliphatic rings. The summed E-state index contributed by atoms with van der Waals surface area (Å²) >= 11 is 0. The first-order valence-corrected chi connectivity index (χ1v) is 11.5. The topological polar surface area (TPSA) is 54.9 Å². The van der Waals surface area contributed by atoms with Gasteiger partial charge in [0, 0.05) is 38.5 Å². The average molecular weight is 442 g/mol. The van der Waals surface area contributed by atoms with Gasteiger partial charge in [-0.1, -0.05) is 12.5 Å². The molecule has 2 aliphatic heterocycles. The molecule has 1 aromatic heterocycles. The molecule has 0 radical (unpaired) electrons. The van der Waals surface area contributed by atoms with Crippen LogP contribution in [0.2, 0.25) is 0 Å². The van der Waals surface area contributed by atoms with Gasteiger partial charge in [0.05, 0.1) is 17.8 Å². The Balaban J connectivity index is 1.54. The van der Waals surface area contributed by atoms with Crippen molar-refractivity contribution in [2.75, 3.05) is 33.4 Å². The lowest BCUT2D eigenvalue weighted by atomic mass is 9.93. The predicted molar refractivity (Wildman–Crippen MR) is 120 cm³/mol. The number of carbonyl (C=O) groups excluding carboxylic acids is 1. The number of halogens is 1. The molecule has 3 heterocycles. The highest BCUT2D eigenvalue weighted by Gasteiger charge is 2.34. The summed E-state index contributed by atoms with van der Waals surface area (Å²) in [6.45, 7) is 3.14. The molecule has 0 aliphatic carbocycles. The maximum Gasteiger partial charge on any atom is 0.254 e. The van der Waals surface area contributed by atoms with Crippen LogP contribution < -0.4 is 4.74 Å². The Morgan fingerprint density at radius 1 is 1.12 bits per heavy atom. The molecule has 0 unspecified atom stereocenters. The van der Waals surface area contributed by atoms with E-state index in [1.807, 2.05) is 29.2 Å². The molecule has 1 amide bonds. The van der Waals surface area contributed by atoms with Crippen LogP contribution in [0.1, 0.15) is 48.2 Å². The number of aromatic nitrogens is 1. The van der Waals surface area contributed by atoms with Crippen molar-refractivity contribution in [2.24, 2.45) is 0 Å². The van der Waals surface area contributed by atoms with Gasteiger partial charge in [0.15, 0.2) is 0 Å². The first-order chi connectivity index (χ1) is 15.7. The zero-order chi connectivity index (χ0) is 22.3. The zero-order valence-corrected chi connectivity index (χ0v) is 18.7. The van der Waals surface area contributed by atoms with E-state index in [1.54, 1.807) is 19.4 Å². The van der Waals surface area contributed by atoms with Crippen LogP contribution in [0.3, 0.4) is 0 Å². The largest absolute Gasteiger partial charge is 0.492 e. The lowest BCUT2D eigenvalue weighted by Crippen LogP contribution is -2.51. The summed E-state index contributed by atoms with van der Waals surface area (Å²) in [7, 11) is 1.74. The van der Waals surface area contributed by atoms with Crippen LogP contribution in [0.25, 0.3) is 0 Å². The van der Waals surface area contributed by atoms with Crippen molar-refractivity contribution < 1.29 is 18.7 Å². The molecule has 1 aromatic carbocycles. The molecule has 0 N–H and O–H groups in total. The van der Waals surface area contributed by atoms with Gasteiger partial charge < -0.3 is 14.4 Å². The highest BCUT2D eigenvalue weighted by atomic mass is 19.1. The van der Waals surface area contributed by atoms with Gasteiger partial charge >= 0.3 is 0 Å². The van der Waals surface area contributed by atoms with E-state index in [9.17, 15) is 9.18 Å². The van der Waals surface area contributed by atoms with Crippen LogP contribution in [0, 0.1) is 5.82 Å². The van der Waals surface area contributed by atoms with Gasteiger partial charge in [-0.25, -0.2) is 4.39 Å². The van der Waals surface area contributed by atoms with Gasteiger partial charge in [-0.05, 0) is 62.6 Å². The summed E-state index contributed by atoms with van der Waals surface area (Å²) in [5.74, 6) is 0.444. The maximum atomic E-state index is 14.2. The van der Waals surface area contributed by atoms with Crippen molar-refractivity contribution in [3.05, 3.63) is 59.7 Å². The maximum absolute atomic E-state index is 14.2. The highest BCUT2D eigenvalue weighted by Crippen LogP contribution is 2.27. The first kappa shape index (κ1) is 22.7. The standard InChI is InChI=1S/C25H32FN3O3/c1-31-24-11-6-14-29-23(24)10-2-3-13-28(18-22-21(26)9-5-12-27-22)15-16-32-20-8-4-7-19(17-20)25(29)30/h4-5,7-9,12,17,23-24H,2-3,6,10-11,13-16,18H2,1H3/t23-,24-/m0/s1. The summed E-state index contributed by atoms with van der Waals surface area (Å²) in [5.41, 5.74) is 1.10. The molecule has 0 saturated carbocycles. The molecule has 1 fully saturated rings. The van der Waals surface area contributed by atoms with Crippen molar-refractivity contribution in [3.8, 4) is 5.75 Å². The second kappa shape index (κ2) is 10.9.